The van der Waals surface area contributed by atoms with Crippen molar-refractivity contribution in [2.45, 2.75) is 26.4 Å². The third-order valence-corrected chi connectivity index (χ3v) is 10.4. The molecule has 36 heavy (non-hydrogen) atoms. The molecule has 0 unspecified atom stereocenters. The van der Waals surface area contributed by atoms with Crippen LogP contribution in [0, 0.1) is 5.82 Å². The van der Waals surface area contributed by atoms with E-state index < -0.39 is 13.0 Å². The normalized spacial score (nSPS) is 16.5. The van der Waals surface area contributed by atoms with Crippen LogP contribution in [0.25, 0.3) is 22.3 Å². The highest BCUT2D eigenvalue weighted by Crippen LogP contribution is 2.46. The average Bonchev–Trinajstić information content (AvgIpc) is 3.52. The van der Waals surface area contributed by atoms with Gasteiger partial charge in [-0.2, -0.15) is 0 Å². The zero-order valence-corrected chi connectivity index (χ0v) is 21.8. The molecule has 5 rings (SSSR count). The van der Waals surface area contributed by atoms with Gasteiger partial charge in [0.15, 0.2) is 5.82 Å². The molecule has 2 N–H and O–H groups in total. The number of nitrogens with zero attached hydrogens (tertiary/aromatic N) is 2. The maximum atomic E-state index is 15.1. The monoisotopic (exact) mass is 506 g/mol. The second kappa shape index (κ2) is 10.1. The minimum atomic E-state index is -2.57. The molecule has 2 aromatic carbocycles. The molecular formula is C28H32FN4O2P. The van der Waals surface area contributed by atoms with Gasteiger partial charge in [-0.15, -0.1) is 0 Å². The number of halogens is 1. The summed E-state index contributed by atoms with van der Waals surface area (Å²) < 4.78 is 34.7. The number of aromatic amines is 1. The Bertz CT molecular complexity index is 1410. The molecule has 1 aliphatic rings. The number of H-pyrrole nitrogens is 1. The first-order valence-electron chi connectivity index (χ1n) is 12.5. The average molecular weight is 507 g/mol. The lowest BCUT2D eigenvalue weighted by molar-refractivity contribution is 0.208. The van der Waals surface area contributed by atoms with E-state index in [1.165, 1.54) is 6.20 Å². The fourth-order valence-electron chi connectivity index (χ4n) is 4.86. The number of ether oxygens (including phenoxy) is 1. The first kappa shape index (κ1) is 24.5. The molecule has 0 amide bonds. The maximum absolute atomic E-state index is 15.1. The van der Waals surface area contributed by atoms with Gasteiger partial charge < -0.3 is 24.5 Å². The summed E-state index contributed by atoms with van der Waals surface area (Å²) in [5.74, 6) is 0.380. The van der Waals surface area contributed by atoms with Gasteiger partial charge in [-0.25, -0.2) is 9.37 Å². The van der Waals surface area contributed by atoms with Crippen molar-refractivity contribution < 1.29 is 13.7 Å². The highest BCUT2D eigenvalue weighted by atomic mass is 31.2. The quantitative estimate of drug-likeness (QED) is 0.278. The number of nitrogens with one attached hydrogen (secondary N) is 2. The summed E-state index contributed by atoms with van der Waals surface area (Å²) in [6.07, 6.45) is 3.57. The molecule has 8 heteroatoms. The van der Waals surface area contributed by atoms with Crippen molar-refractivity contribution in [3.63, 3.8) is 0 Å². The van der Waals surface area contributed by atoms with Gasteiger partial charge in [-0.05, 0) is 61.5 Å². The molecule has 0 bridgehead atoms. The number of pyridine rings is 1. The summed E-state index contributed by atoms with van der Waals surface area (Å²) in [6.45, 7) is 5.86. The number of fused-ring (bicyclic) bond motifs is 1. The van der Waals surface area contributed by atoms with Gasteiger partial charge in [0.2, 0.25) is 0 Å². The van der Waals surface area contributed by atoms with Gasteiger partial charge in [-0.1, -0.05) is 26.0 Å². The second-order valence-electron chi connectivity index (χ2n) is 9.41. The Hall–Kier alpha value is -3.15. The number of rotatable bonds is 8. The number of aromatic nitrogens is 2. The third-order valence-electron chi connectivity index (χ3n) is 7.05. The molecule has 0 spiro atoms. The number of benzene rings is 2. The van der Waals surface area contributed by atoms with E-state index in [0.717, 1.165) is 41.8 Å². The predicted molar refractivity (Wildman–Crippen MR) is 146 cm³/mol. The van der Waals surface area contributed by atoms with Gasteiger partial charge in [0.05, 0.1) is 11.9 Å². The van der Waals surface area contributed by atoms with Crippen molar-refractivity contribution in [3.05, 3.63) is 66.6 Å². The minimum Gasteiger partial charge on any atom is -0.489 e. The van der Waals surface area contributed by atoms with Gasteiger partial charge in [0.1, 0.15) is 24.6 Å². The maximum Gasteiger partial charge on any atom is 0.165 e. The van der Waals surface area contributed by atoms with Crippen LogP contribution in [-0.2, 0) is 4.57 Å². The smallest absolute Gasteiger partial charge is 0.165 e. The number of likely N-dealkylation sites (tertiary alicyclic amines) is 1. The molecule has 1 atom stereocenters. The molecule has 0 saturated carbocycles. The topological polar surface area (TPSA) is 70.2 Å². The molecule has 1 saturated heterocycles. The Labute approximate surface area is 211 Å². The molecule has 0 aliphatic carbocycles. The van der Waals surface area contributed by atoms with Crippen LogP contribution in [0.3, 0.4) is 0 Å². The third kappa shape index (κ3) is 4.78. The van der Waals surface area contributed by atoms with Gasteiger partial charge in [0.25, 0.3) is 0 Å². The lowest BCUT2D eigenvalue weighted by Crippen LogP contribution is -2.21. The van der Waals surface area contributed by atoms with Crippen LogP contribution < -0.4 is 15.4 Å². The van der Waals surface area contributed by atoms with E-state index in [-0.39, 0.29) is 6.10 Å². The lowest BCUT2D eigenvalue weighted by Gasteiger charge is -2.20. The van der Waals surface area contributed by atoms with E-state index in [4.69, 9.17) is 4.74 Å². The summed E-state index contributed by atoms with van der Waals surface area (Å²) in [7, 11) is -0.464. The highest BCUT2D eigenvalue weighted by Gasteiger charge is 2.24. The standard InChI is InChI=1S/C28H32FN4O2P/c1-4-36(34,5-2)26-9-7-6-8-24(26)31-27-22-16-25(32-28(22)30-17-23(27)29)19-10-12-20(13-11-19)35-21-14-15-33(3)18-21/h6-13,16-17,21H,4-5,14-15,18H2,1-3H3,(H2,30,31,32)/t21-/m0/s1. The lowest BCUT2D eigenvalue weighted by atomic mass is 10.1. The highest BCUT2D eigenvalue weighted by molar-refractivity contribution is 7.71. The van der Waals surface area contributed by atoms with Gasteiger partial charge in [-0.3, -0.25) is 0 Å². The zero-order chi connectivity index (χ0) is 25.3. The number of hydrogen-bond donors (Lipinski definition) is 2. The van der Waals surface area contributed by atoms with Crippen LogP contribution in [0.2, 0.25) is 0 Å². The van der Waals surface area contributed by atoms with Crippen molar-refractivity contribution in [2.24, 2.45) is 0 Å². The van der Waals surface area contributed by atoms with E-state index >= 15 is 4.39 Å². The first-order valence-corrected chi connectivity index (χ1v) is 14.6. The van der Waals surface area contributed by atoms with Gasteiger partial charge >= 0.3 is 0 Å². The van der Waals surface area contributed by atoms with Gasteiger partial charge in [0, 0.05) is 47.5 Å². The second-order valence-corrected chi connectivity index (χ2v) is 12.9. The molecule has 0 radical (unpaired) electrons. The fraction of sp³-hybridized carbons (Fsp3) is 0.321. The van der Waals surface area contributed by atoms with Crippen molar-refractivity contribution in [3.8, 4) is 17.0 Å². The summed E-state index contributed by atoms with van der Waals surface area (Å²) in [5, 5.41) is 4.63. The predicted octanol–water partition coefficient (Wildman–Crippen LogP) is 6.22. The van der Waals surface area contributed by atoms with E-state index in [1.807, 2.05) is 68.4 Å². The van der Waals surface area contributed by atoms with Crippen molar-refractivity contribution in [1.29, 1.82) is 0 Å². The van der Waals surface area contributed by atoms with Crippen molar-refractivity contribution in [2.75, 3.05) is 37.8 Å². The Kier molecular flexibility index (Phi) is 6.87. The molecular weight excluding hydrogens is 474 g/mol. The van der Waals surface area contributed by atoms with Crippen LogP contribution >= 0.6 is 7.14 Å². The Morgan fingerprint density at radius 3 is 2.61 bits per heavy atom. The Morgan fingerprint density at radius 1 is 1.17 bits per heavy atom. The molecule has 4 aromatic rings. The van der Waals surface area contributed by atoms with Crippen LogP contribution in [0.4, 0.5) is 15.8 Å². The Morgan fingerprint density at radius 2 is 1.92 bits per heavy atom. The van der Waals surface area contributed by atoms with Crippen LogP contribution in [0.5, 0.6) is 5.75 Å². The van der Waals surface area contributed by atoms with Crippen LogP contribution in [-0.4, -0.2) is 53.4 Å². The van der Waals surface area contributed by atoms with Crippen LogP contribution in [0.15, 0.2) is 60.8 Å². The van der Waals surface area contributed by atoms with E-state index in [2.05, 4.69) is 27.2 Å². The molecule has 188 valence electrons. The molecule has 2 aromatic heterocycles. The molecule has 1 fully saturated rings. The number of likely N-dealkylation sites (N-methyl/N-ethyl adjacent to an activating group) is 1. The Balaban J connectivity index is 1.45. The number of hydrogen-bond acceptors (Lipinski definition) is 5. The summed E-state index contributed by atoms with van der Waals surface area (Å²) in [5.41, 5.74) is 3.35. The zero-order valence-electron chi connectivity index (χ0n) is 20.9. The summed E-state index contributed by atoms with van der Waals surface area (Å²) in [6, 6.07) is 17.3. The van der Waals surface area contributed by atoms with E-state index in [1.54, 1.807) is 0 Å². The SMILES string of the molecule is CCP(=O)(CC)c1ccccc1Nc1c(F)cnc2[nH]c(-c3ccc(O[C@H]4CCN(C)C4)cc3)cc12. The molecule has 1 aliphatic heterocycles. The van der Waals surface area contributed by atoms with Crippen molar-refractivity contribution >= 4 is 34.9 Å². The van der Waals surface area contributed by atoms with Crippen LogP contribution in [0.1, 0.15) is 20.3 Å². The first-order chi connectivity index (χ1) is 17.4. The molecule has 3 heterocycles. The number of anilines is 2. The number of para-hydroxylation sites is 1. The minimum absolute atomic E-state index is 0.216. The van der Waals surface area contributed by atoms with E-state index in [0.29, 0.717) is 34.7 Å². The van der Waals surface area contributed by atoms with E-state index in [9.17, 15) is 4.57 Å². The largest absolute Gasteiger partial charge is 0.489 e. The van der Waals surface area contributed by atoms with Crippen molar-refractivity contribution in [1.82, 2.24) is 14.9 Å². The fourth-order valence-corrected chi connectivity index (χ4v) is 6.92. The molecule has 6 nitrogen and oxygen atoms in total. The summed E-state index contributed by atoms with van der Waals surface area (Å²) >= 11 is 0. The summed E-state index contributed by atoms with van der Waals surface area (Å²) in [4.78, 5) is 9.85.